The maximum atomic E-state index is 13.4. The maximum Gasteiger partial charge on any atom is 0.204 e. The van der Waals surface area contributed by atoms with Crippen LogP contribution in [0.5, 0.6) is 0 Å². The van der Waals surface area contributed by atoms with Crippen LogP contribution in [0.15, 0.2) is 66.9 Å². The van der Waals surface area contributed by atoms with Crippen molar-refractivity contribution in [1.82, 2.24) is 24.8 Å². The van der Waals surface area contributed by atoms with Gasteiger partial charge >= 0.3 is 0 Å². The first-order valence-electron chi connectivity index (χ1n) is 12.5. The van der Waals surface area contributed by atoms with Gasteiger partial charge in [-0.15, -0.1) is 0 Å². The Morgan fingerprint density at radius 2 is 1.84 bits per heavy atom. The summed E-state index contributed by atoms with van der Waals surface area (Å²) in [5.74, 6) is 1.20. The highest BCUT2D eigenvalue weighted by molar-refractivity contribution is 7.80. The number of nitrogens with two attached hydrogens (primary N) is 1. The van der Waals surface area contributed by atoms with Crippen molar-refractivity contribution in [3.05, 3.63) is 78.2 Å². The zero-order valence-electron chi connectivity index (χ0n) is 20.5. The molecule has 1 fully saturated rings. The first-order chi connectivity index (χ1) is 18.0. The molecular formula is C27H31FN8S. The van der Waals surface area contributed by atoms with Gasteiger partial charge in [-0.3, -0.25) is 0 Å². The summed E-state index contributed by atoms with van der Waals surface area (Å²) in [4.78, 5) is 11.5. The molecule has 2 aromatic carbocycles. The minimum atomic E-state index is -0.226. The van der Waals surface area contributed by atoms with Crippen LogP contribution in [-0.4, -0.2) is 56.8 Å². The normalized spacial score (nSPS) is 14.5. The topological polar surface area (TPSA) is 96.1 Å². The molecule has 0 unspecified atom stereocenters. The number of nitrogens with one attached hydrogen (secondary N) is 3. The Morgan fingerprint density at radius 1 is 1.05 bits per heavy atom. The summed E-state index contributed by atoms with van der Waals surface area (Å²) in [5, 5.41) is 10.5. The third-order valence-electron chi connectivity index (χ3n) is 6.61. The number of rotatable bonds is 8. The molecule has 2 aromatic heterocycles. The number of pyridine rings is 1. The lowest BCUT2D eigenvalue weighted by atomic mass is 10.1. The molecule has 0 spiro atoms. The van der Waals surface area contributed by atoms with Crippen molar-refractivity contribution in [3.63, 3.8) is 0 Å². The molecule has 5 rings (SSSR count). The molecule has 37 heavy (non-hydrogen) atoms. The lowest BCUT2D eigenvalue weighted by Gasteiger charge is -2.32. The standard InChI is InChI=1S/C27H31FN8S/c28-20-9-7-19(8-10-20)18-36-24-6-2-1-5-23(24)33-26(36)32-21-11-15-35(16-12-21)17-14-31-27(37)34-25-22(29)4-3-13-30-25/h1-10,13,21H,11-12,14-18,29H2,(H,32,33)(H2,30,31,34,37). The van der Waals surface area contributed by atoms with Gasteiger partial charge in [-0.05, 0) is 67.0 Å². The smallest absolute Gasteiger partial charge is 0.204 e. The minimum Gasteiger partial charge on any atom is -0.396 e. The van der Waals surface area contributed by atoms with Crippen LogP contribution in [0.1, 0.15) is 18.4 Å². The first kappa shape index (κ1) is 24.9. The lowest BCUT2D eigenvalue weighted by molar-refractivity contribution is 0.222. The van der Waals surface area contributed by atoms with Crippen LogP contribution in [0, 0.1) is 5.82 Å². The van der Waals surface area contributed by atoms with E-state index in [9.17, 15) is 4.39 Å². The Hall–Kier alpha value is -3.76. The Morgan fingerprint density at radius 3 is 2.62 bits per heavy atom. The van der Waals surface area contributed by atoms with Crippen LogP contribution in [0.4, 0.5) is 21.8 Å². The van der Waals surface area contributed by atoms with Crippen molar-refractivity contribution in [2.75, 3.05) is 42.5 Å². The van der Waals surface area contributed by atoms with E-state index in [1.165, 1.54) is 12.1 Å². The maximum absolute atomic E-state index is 13.4. The average molecular weight is 519 g/mol. The molecule has 3 heterocycles. The van der Waals surface area contributed by atoms with E-state index in [4.69, 9.17) is 22.9 Å². The fourth-order valence-electron chi connectivity index (χ4n) is 4.60. The number of hydrogen-bond donors (Lipinski definition) is 4. The van der Waals surface area contributed by atoms with E-state index in [1.54, 1.807) is 18.3 Å². The predicted molar refractivity (Wildman–Crippen MR) is 151 cm³/mol. The molecule has 8 nitrogen and oxygen atoms in total. The fourth-order valence-corrected chi connectivity index (χ4v) is 4.80. The highest BCUT2D eigenvalue weighted by Gasteiger charge is 2.21. The number of thiocarbonyl (C=S) groups is 1. The Kier molecular flexibility index (Phi) is 7.76. The van der Waals surface area contributed by atoms with Crippen LogP contribution in [-0.2, 0) is 6.54 Å². The summed E-state index contributed by atoms with van der Waals surface area (Å²) < 4.78 is 15.6. The second-order valence-electron chi connectivity index (χ2n) is 9.22. The van der Waals surface area contributed by atoms with Crippen molar-refractivity contribution in [3.8, 4) is 0 Å². The number of nitrogens with zero attached hydrogens (tertiary/aromatic N) is 4. The van der Waals surface area contributed by atoms with Crippen LogP contribution in [0.2, 0.25) is 0 Å². The van der Waals surface area contributed by atoms with Crippen molar-refractivity contribution in [1.29, 1.82) is 0 Å². The van der Waals surface area contributed by atoms with E-state index in [1.807, 2.05) is 30.3 Å². The largest absolute Gasteiger partial charge is 0.396 e. The fraction of sp³-hybridized carbons (Fsp3) is 0.296. The van der Waals surface area contributed by atoms with Crippen molar-refractivity contribution in [2.45, 2.75) is 25.4 Å². The molecule has 1 aliphatic rings. The summed E-state index contributed by atoms with van der Waals surface area (Å²) in [6.45, 7) is 4.25. The predicted octanol–water partition coefficient (Wildman–Crippen LogP) is 4.06. The molecule has 0 radical (unpaired) electrons. The van der Waals surface area contributed by atoms with Gasteiger partial charge in [-0.25, -0.2) is 14.4 Å². The zero-order valence-corrected chi connectivity index (χ0v) is 21.3. The van der Waals surface area contributed by atoms with Crippen molar-refractivity contribution in [2.24, 2.45) is 0 Å². The molecule has 0 amide bonds. The highest BCUT2D eigenvalue weighted by atomic mass is 32.1. The van der Waals surface area contributed by atoms with E-state index in [0.29, 0.717) is 29.2 Å². The van der Waals surface area contributed by atoms with E-state index >= 15 is 0 Å². The van der Waals surface area contributed by atoms with Gasteiger partial charge in [0.1, 0.15) is 5.82 Å². The van der Waals surface area contributed by atoms with E-state index < -0.39 is 0 Å². The second-order valence-corrected chi connectivity index (χ2v) is 9.63. The summed E-state index contributed by atoms with van der Waals surface area (Å²) >= 11 is 5.37. The summed E-state index contributed by atoms with van der Waals surface area (Å²) in [7, 11) is 0. The molecule has 5 N–H and O–H groups in total. The van der Waals surface area contributed by atoms with Gasteiger partial charge in [0.05, 0.1) is 23.3 Å². The number of fused-ring (bicyclic) bond motifs is 1. The minimum absolute atomic E-state index is 0.226. The number of anilines is 3. The van der Waals surface area contributed by atoms with Crippen LogP contribution >= 0.6 is 12.2 Å². The number of piperidine rings is 1. The molecule has 0 atom stereocenters. The van der Waals surface area contributed by atoms with E-state index in [0.717, 1.165) is 61.6 Å². The third kappa shape index (κ3) is 6.33. The van der Waals surface area contributed by atoms with Gasteiger partial charge in [-0.2, -0.15) is 0 Å². The first-order valence-corrected chi connectivity index (χ1v) is 12.9. The molecule has 10 heteroatoms. The lowest BCUT2D eigenvalue weighted by Crippen LogP contribution is -2.43. The Bertz CT molecular complexity index is 1350. The number of halogens is 1. The second kappa shape index (κ2) is 11.5. The Labute approximate surface area is 221 Å². The molecule has 1 aliphatic heterocycles. The van der Waals surface area contributed by atoms with Crippen LogP contribution in [0.25, 0.3) is 11.0 Å². The number of imidazole rings is 1. The number of likely N-dealkylation sites (tertiary alicyclic amines) is 1. The van der Waals surface area contributed by atoms with Gasteiger partial charge in [0.2, 0.25) is 5.95 Å². The van der Waals surface area contributed by atoms with Crippen molar-refractivity contribution < 1.29 is 4.39 Å². The summed E-state index contributed by atoms with van der Waals surface area (Å²) in [6.07, 6.45) is 3.72. The Balaban J connectivity index is 1.13. The number of nitrogen functional groups attached to an aromatic ring is 1. The third-order valence-corrected chi connectivity index (χ3v) is 6.86. The van der Waals surface area contributed by atoms with Gasteiger partial charge in [0.25, 0.3) is 0 Å². The van der Waals surface area contributed by atoms with Crippen LogP contribution in [0.3, 0.4) is 0 Å². The van der Waals surface area contributed by atoms with Gasteiger partial charge in [0.15, 0.2) is 10.9 Å². The summed E-state index contributed by atoms with van der Waals surface area (Å²) in [6, 6.07) is 18.7. The van der Waals surface area contributed by atoms with Gasteiger partial charge < -0.3 is 31.2 Å². The summed E-state index contributed by atoms with van der Waals surface area (Å²) in [5.41, 5.74) is 9.53. The monoisotopic (exact) mass is 518 g/mol. The zero-order chi connectivity index (χ0) is 25.6. The quantitative estimate of drug-likeness (QED) is 0.260. The number of benzene rings is 2. The van der Waals surface area contributed by atoms with Crippen LogP contribution < -0.4 is 21.7 Å². The highest BCUT2D eigenvalue weighted by Crippen LogP contribution is 2.24. The molecular weight excluding hydrogens is 487 g/mol. The van der Waals surface area contributed by atoms with E-state index in [2.05, 4.69) is 36.5 Å². The van der Waals surface area contributed by atoms with E-state index in [-0.39, 0.29) is 5.82 Å². The average Bonchev–Trinajstić information content (AvgIpc) is 3.24. The number of para-hydroxylation sites is 2. The molecule has 192 valence electrons. The molecule has 0 bridgehead atoms. The molecule has 1 saturated heterocycles. The molecule has 0 saturated carbocycles. The number of aromatic nitrogens is 3. The van der Waals surface area contributed by atoms with Gasteiger partial charge in [0, 0.05) is 38.4 Å². The molecule has 0 aliphatic carbocycles. The van der Waals surface area contributed by atoms with Gasteiger partial charge in [-0.1, -0.05) is 24.3 Å². The number of hydrogen-bond acceptors (Lipinski definition) is 6. The SMILES string of the molecule is Nc1cccnc1NC(=S)NCCN1CCC(Nc2nc3ccccc3n2Cc2ccc(F)cc2)CC1. The van der Waals surface area contributed by atoms with Crippen molar-refractivity contribution >= 4 is 45.8 Å². The molecule has 4 aromatic rings.